The van der Waals surface area contributed by atoms with Gasteiger partial charge < -0.3 is 0 Å². The van der Waals surface area contributed by atoms with E-state index >= 15 is 0 Å². The first kappa shape index (κ1) is 16.0. The highest BCUT2D eigenvalue weighted by atomic mass is 32.1. The van der Waals surface area contributed by atoms with Crippen molar-refractivity contribution in [3.05, 3.63) is 50.9 Å². The Morgan fingerprint density at radius 3 is 2.88 bits per heavy atom. The third kappa shape index (κ3) is 2.84. The second-order valence-corrected chi connectivity index (χ2v) is 7.60. The van der Waals surface area contributed by atoms with Crippen LogP contribution in [0.2, 0.25) is 0 Å². The number of amides is 1. The lowest BCUT2D eigenvalue weighted by atomic mass is 9.93. The van der Waals surface area contributed by atoms with Crippen molar-refractivity contribution >= 4 is 33.1 Å². The van der Waals surface area contributed by atoms with Crippen molar-refractivity contribution < 1.29 is 4.79 Å². The molecular formula is C18H18N4O2S. The molecular weight excluding hydrogens is 336 g/mol. The molecule has 0 bridgehead atoms. The molecule has 6 nitrogen and oxygen atoms in total. The number of nitrogens with one attached hydrogen (secondary N) is 1. The van der Waals surface area contributed by atoms with Crippen LogP contribution in [0.15, 0.2) is 29.1 Å². The van der Waals surface area contributed by atoms with Gasteiger partial charge in [0.05, 0.1) is 11.1 Å². The summed E-state index contributed by atoms with van der Waals surface area (Å²) >= 11 is 1.54. The number of benzene rings is 1. The molecule has 2 heterocycles. The van der Waals surface area contributed by atoms with Crippen molar-refractivity contribution in [1.29, 1.82) is 0 Å². The molecule has 1 N–H and O–H groups in total. The van der Waals surface area contributed by atoms with Crippen molar-refractivity contribution in [3.63, 3.8) is 0 Å². The molecule has 2 aromatic heterocycles. The second-order valence-electron chi connectivity index (χ2n) is 6.51. The third-order valence-electron chi connectivity index (χ3n) is 4.58. The highest BCUT2D eigenvalue weighted by molar-refractivity contribution is 7.15. The fraction of sp³-hybridized carbons (Fsp3) is 0.333. The summed E-state index contributed by atoms with van der Waals surface area (Å²) in [6, 6.07) is 7.03. The summed E-state index contributed by atoms with van der Waals surface area (Å²) in [6.45, 7) is 2.24. The van der Waals surface area contributed by atoms with Crippen molar-refractivity contribution in [2.45, 2.75) is 26.2 Å². The standard InChI is InChI=1S/C18H18N4O2S/c1-10-7-8-13-14(9-10)25-18(19-13)20-16(23)15-11-5-3-4-6-12(11)17(24)22(2)21-15/h3-6,10H,7-9H2,1-2H3,(H,19,20,23)/t10-/m0/s1. The monoisotopic (exact) mass is 354 g/mol. The molecule has 0 aliphatic heterocycles. The van der Waals surface area contributed by atoms with E-state index in [-0.39, 0.29) is 17.2 Å². The first-order chi connectivity index (χ1) is 12.0. The minimum absolute atomic E-state index is 0.217. The molecule has 1 aliphatic rings. The molecule has 1 atom stereocenters. The lowest BCUT2D eigenvalue weighted by Gasteiger charge is -2.15. The van der Waals surface area contributed by atoms with Gasteiger partial charge in [0.1, 0.15) is 0 Å². The Hall–Kier alpha value is -2.54. The summed E-state index contributed by atoms with van der Waals surface area (Å²) in [7, 11) is 1.55. The lowest BCUT2D eigenvalue weighted by molar-refractivity contribution is 0.102. The maximum Gasteiger partial charge on any atom is 0.278 e. The molecule has 3 aromatic rings. The Kier molecular flexibility index (Phi) is 3.88. The number of thiazole rings is 1. The van der Waals surface area contributed by atoms with Gasteiger partial charge in [0.2, 0.25) is 0 Å². The lowest BCUT2D eigenvalue weighted by Crippen LogP contribution is -2.25. The summed E-state index contributed by atoms with van der Waals surface area (Å²) in [5.41, 5.74) is 1.11. The summed E-state index contributed by atoms with van der Waals surface area (Å²) in [4.78, 5) is 30.7. The van der Waals surface area contributed by atoms with E-state index in [4.69, 9.17) is 0 Å². The molecule has 0 radical (unpaired) electrons. The predicted octanol–water partition coefficient (Wildman–Crippen LogP) is 2.77. The minimum Gasteiger partial charge on any atom is -0.296 e. The van der Waals surface area contributed by atoms with Gasteiger partial charge in [0.25, 0.3) is 11.5 Å². The maximum atomic E-state index is 12.7. The zero-order chi connectivity index (χ0) is 17.6. The average Bonchev–Trinajstić information content (AvgIpc) is 2.99. The quantitative estimate of drug-likeness (QED) is 0.768. The van der Waals surface area contributed by atoms with E-state index in [9.17, 15) is 9.59 Å². The van der Waals surface area contributed by atoms with Crippen LogP contribution in [0.5, 0.6) is 0 Å². The molecule has 0 fully saturated rings. The van der Waals surface area contributed by atoms with E-state index < -0.39 is 0 Å². The molecule has 128 valence electrons. The first-order valence-corrected chi connectivity index (χ1v) is 9.10. The summed E-state index contributed by atoms with van der Waals surface area (Å²) < 4.78 is 1.20. The molecule has 4 rings (SSSR count). The largest absolute Gasteiger partial charge is 0.296 e. The highest BCUT2D eigenvalue weighted by Gasteiger charge is 2.22. The number of rotatable bonds is 2. The minimum atomic E-state index is -0.342. The van der Waals surface area contributed by atoms with Gasteiger partial charge in [-0.3, -0.25) is 14.9 Å². The molecule has 0 unspecified atom stereocenters. The Morgan fingerprint density at radius 1 is 1.32 bits per heavy atom. The number of fused-ring (bicyclic) bond motifs is 2. The Bertz CT molecular complexity index is 1040. The Balaban J connectivity index is 1.70. The second kappa shape index (κ2) is 6.07. The topological polar surface area (TPSA) is 76.9 Å². The molecule has 1 amide bonds. The van der Waals surface area contributed by atoms with Crippen LogP contribution in [0.4, 0.5) is 5.13 Å². The fourth-order valence-electron chi connectivity index (χ4n) is 3.22. The predicted molar refractivity (Wildman–Crippen MR) is 98.2 cm³/mol. The summed E-state index contributed by atoms with van der Waals surface area (Å²) in [5, 5.41) is 8.66. The van der Waals surface area contributed by atoms with E-state index in [1.165, 1.54) is 20.9 Å². The third-order valence-corrected chi connectivity index (χ3v) is 5.61. The van der Waals surface area contributed by atoms with Gasteiger partial charge in [0, 0.05) is 17.3 Å². The van der Waals surface area contributed by atoms with Crippen LogP contribution in [-0.2, 0) is 19.9 Å². The molecule has 7 heteroatoms. The van der Waals surface area contributed by atoms with Crippen LogP contribution >= 0.6 is 11.3 Å². The van der Waals surface area contributed by atoms with Crippen molar-refractivity contribution in [1.82, 2.24) is 14.8 Å². The SMILES string of the molecule is C[C@H]1CCc2nc(NC(=O)c3nn(C)c(=O)c4ccccc34)sc2C1. The van der Waals surface area contributed by atoms with Crippen LogP contribution in [0, 0.1) is 5.92 Å². The molecule has 0 saturated carbocycles. The molecule has 0 spiro atoms. The van der Waals surface area contributed by atoms with Gasteiger partial charge in [-0.15, -0.1) is 11.3 Å². The number of nitrogens with zero attached hydrogens (tertiary/aromatic N) is 3. The number of aromatic nitrogens is 3. The number of carbonyl (C=O) groups is 1. The smallest absolute Gasteiger partial charge is 0.278 e. The summed E-state index contributed by atoms with van der Waals surface area (Å²) in [5.74, 6) is 0.316. The van der Waals surface area contributed by atoms with Crippen molar-refractivity contribution in [2.24, 2.45) is 13.0 Å². The number of anilines is 1. The number of carbonyl (C=O) groups excluding carboxylic acids is 1. The van der Waals surface area contributed by atoms with E-state index in [1.807, 2.05) is 0 Å². The zero-order valence-corrected chi connectivity index (χ0v) is 14.9. The molecule has 0 saturated heterocycles. The van der Waals surface area contributed by atoms with E-state index in [1.54, 1.807) is 31.3 Å². The number of hydrogen-bond acceptors (Lipinski definition) is 5. The van der Waals surface area contributed by atoms with Crippen LogP contribution < -0.4 is 10.9 Å². The van der Waals surface area contributed by atoms with Crippen LogP contribution in [-0.4, -0.2) is 20.7 Å². The van der Waals surface area contributed by atoms with Gasteiger partial charge in [-0.1, -0.05) is 25.1 Å². The highest BCUT2D eigenvalue weighted by Crippen LogP contribution is 2.32. The maximum absolute atomic E-state index is 12.7. The molecule has 1 aliphatic carbocycles. The van der Waals surface area contributed by atoms with Crippen LogP contribution in [0.3, 0.4) is 0 Å². The fourth-order valence-corrected chi connectivity index (χ4v) is 4.38. The van der Waals surface area contributed by atoms with Gasteiger partial charge >= 0.3 is 0 Å². The van der Waals surface area contributed by atoms with Gasteiger partial charge in [-0.2, -0.15) is 5.10 Å². The van der Waals surface area contributed by atoms with Gasteiger partial charge in [-0.05, 0) is 31.2 Å². The summed E-state index contributed by atoms with van der Waals surface area (Å²) in [6.07, 6.45) is 3.12. The van der Waals surface area contributed by atoms with Crippen molar-refractivity contribution in [2.75, 3.05) is 5.32 Å². The normalized spacial score (nSPS) is 16.6. The van der Waals surface area contributed by atoms with E-state index in [0.29, 0.717) is 21.8 Å². The van der Waals surface area contributed by atoms with E-state index in [2.05, 4.69) is 22.3 Å². The van der Waals surface area contributed by atoms with Gasteiger partial charge in [-0.25, -0.2) is 9.67 Å². The van der Waals surface area contributed by atoms with Crippen LogP contribution in [0.25, 0.3) is 10.8 Å². The molecule has 1 aromatic carbocycles. The van der Waals surface area contributed by atoms with Crippen molar-refractivity contribution in [3.8, 4) is 0 Å². The number of aryl methyl sites for hydroxylation is 2. The Morgan fingerprint density at radius 2 is 2.08 bits per heavy atom. The average molecular weight is 354 g/mol. The number of hydrogen-bond donors (Lipinski definition) is 1. The molecule has 25 heavy (non-hydrogen) atoms. The van der Waals surface area contributed by atoms with Gasteiger partial charge in [0.15, 0.2) is 10.8 Å². The zero-order valence-electron chi connectivity index (χ0n) is 14.1. The van der Waals surface area contributed by atoms with Crippen LogP contribution in [0.1, 0.15) is 34.4 Å². The first-order valence-electron chi connectivity index (χ1n) is 8.29. The Labute approximate surface area is 148 Å². The van der Waals surface area contributed by atoms with E-state index in [0.717, 1.165) is 25.0 Å².